The van der Waals surface area contributed by atoms with Crippen LogP contribution >= 0.6 is 0 Å². The number of aliphatic hydroxyl groups excluding tert-OH is 2. The molecule has 0 radical (unpaired) electrons. The Morgan fingerprint density at radius 1 is 0.303 bits per heavy atom. The Bertz CT molecular complexity index is 1400. The lowest BCUT2D eigenvalue weighted by Crippen LogP contribution is -2.45. The molecule has 0 aliphatic carbocycles. The van der Waals surface area contributed by atoms with Gasteiger partial charge in [-0.2, -0.15) is 0 Å². The lowest BCUT2D eigenvalue weighted by molar-refractivity contribution is -0.143. The minimum atomic E-state index is -0.664. The molecule has 0 aromatic heterocycles. The van der Waals surface area contributed by atoms with Gasteiger partial charge in [0.25, 0.3) is 0 Å². The van der Waals surface area contributed by atoms with Gasteiger partial charge in [0.2, 0.25) is 5.91 Å². The van der Waals surface area contributed by atoms with Gasteiger partial charge in [0.05, 0.1) is 25.4 Å². The standard InChI is InChI=1S/C83H161NO5/c1-3-5-7-9-11-13-15-17-19-21-22-23-34-37-40-44-47-51-55-59-63-67-71-75-81(86)80(79-85)84-82(87)76-72-68-64-60-56-52-48-45-41-38-35-32-30-28-26-24-25-27-29-31-33-36-39-42-46-50-54-58-62-66-70-74-78-89-83(88)77-73-69-65-61-57-53-49-43-20-18-16-14-12-10-8-6-4-2/h18,20,27,29,80-81,85-86H,3-17,19,21-26,28,30-79H2,1-2H3,(H,84,87)/b20-18-,29-27-. The van der Waals surface area contributed by atoms with Crippen LogP contribution in [0.1, 0.15) is 470 Å². The fraction of sp³-hybridized carbons (Fsp3) is 0.928. The third-order valence-corrected chi connectivity index (χ3v) is 19.5. The van der Waals surface area contributed by atoms with E-state index in [0.717, 1.165) is 44.9 Å². The van der Waals surface area contributed by atoms with Gasteiger partial charge in [-0.15, -0.1) is 0 Å². The molecule has 0 rings (SSSR count). The Labute approximate surface area is 558 Å². The highest BCUT2D eigenvalue weighted by atomic mass is 16.5. The highest BCUT2D eigenvalue weighted by Crippen LogP contribution is 2.20. The highest BCUT2D eigenvalue weighted by molar-refractivity contribution is 5.76. The van der Waals surface area contributed by atoms with Crippen molar-refractivity contribution in [2.75, 3.05) is 13.2 Å². The predicted octanol–water partition coefficient (Wildman–Crippen LogP) is 27.2. The molecule has 528 valence electrons. The first-order chi connectivity index (χ1) is 44.0. The zero-order valence-electron chi connectivity index (χ0n) is 60.7. The summed E-state index contributed by atoms with van der Waals surface area (Å²) in [6, 6.07) is -0.541. The molecule has 6 nitrogen and oxygen atoms in total. The van der Waals surface area contributed by atoms with E-state index in [9.17, 15) is 19.8 Å². The largest absolute Gasteiger partial charge is 0.466 e. The van der Waals surface area contributed by atoms with Crippen LogP contribution in [0, 0.1) is 0 Å². The third kappa shape index (κ3) is 75.3. The number of esters is 1. The van der Waals surface area contributed by atoms with Crippen LogP contribution in [0.15, 0.2) is 24.3 Å². The smallest absolute Gasteiger partial charge is 0.305 e. The molecule has 0 saturated carbocycles. The number of hydrogen-bond acceptors (Lipinski definition) is 5. The summed E-state index contributed by atoms with van der Waals surface area (Å²) >= 11 is 0. The Kier molecular flexibility index (Phi) is 77.3. The van der Waals surface area contributed by atoms with Gasteiger partial charge in [0.15, 0.2) is 0 Å². The number of unbranched alkanes of at least 4 members (excludes halogenated alkanes) is 63. The second-order valence-electron chi connectivity index (χ2n) is 28.5. The predicted molar refractivity (Wildman–Crippen MR) is 393 cm³/mol. The van der Waals surface area contributed by atoms with E-state index < -0.39 is 12.1 Å². The third-order valence-electron chi connectivity index (χ3n) is 19.5. The van der Waals surface area contributed by atoms with E-state index in [-0.39, 0.29) is 18.5 Å². The maximum atomic E-state index is 12.6. The summed E-state index contributed by atoms with van der Waals surface area (Å²) in [6.45, 7) is 5.00. The number of rotatable bonds is 78. The maximum absolute atomic E-state index is 12.6. The molecule has 6 heteroatoms. The molecular formula is C83H161NO5. The van der Waals surface area contributed by atoms with Gasteiger partial charge in [0.1, 0.15) is 0 Å². The normalized spacial score (nSPS) is 12.5. The van der Waals surface area contributed by atoms with Crippen LogP contribution in [0.25, 0.3) is 0 Å². The van der Waals surface area contributed by atoms with Crippen molar-refractivity contribution >= 4 is 11.9 Å². The minimum absolute atomic E-state index is 0.0160. The van der Waals surface area contributed by atoms with E-state index in [1.165, 1.54) is 392 Å². The van der Waals surface area contributed by atoms with Crippen molar-refractivity contribution in [2.24, 2.45) is 0 Å². The van der Waals surface area contributed by atoms with Crippen molar-refractivity contribution in [3.63, 3.8) is 0 Å². The summed E-state index contributed by atoms with van der Waals surface area (Å²) in [5.41, 5.74) is 0. The average molecular weight is 1250 g/mol. The molecule has 2 unspecified atom stereocenters. The number of aliphatic hydroxyl groups is 2. The van der Waals surface area contributed by atoms with E-state index in [4.69, 9.17) is 4.74 Å². The molecule has 0 bridgehead atoms. The first-order valence-corrected chi connectivity index (χ1v) is 41.1. The van der Waals surface area contributed by atoms with Gasteiger partial charge in [-0.25, -0.2) is 0 Å². The summed E-state index contributed by atoms with van der Waals surface area (Å²) in [5.74, 6) is -0.0105. The number of amides is 1. The van der Waals surface area contributed by atoms with E-state index in [1.807, 2.05) is 0 Å². The van der Waals surface area contributed by atoms with Crippen LogP contribution in [-0.4, -0.2) is 47.4 Å². The monoisotopic (exact) mass is 1250 g/mol. The molecule has 0 aromatic rings. The Hall–Kier alpha value is -1.66. The molecule has 1 amide bonds. The first-order valence-electron chi connectivity index (χ1n) is 41.1. The number of carbonyl (C=O) groups excluding carboxylic acids is 2. The van der Waals surface area contributed by atoms with Gasteiger partial charge in [-0.1, -0.05) is 404 Å². The van der Waals surface area contributed by atoms with Crippen LogP contribution in [0.4, 0.5) is 0 Å². The summed E-state index contributed by atoms with van der Waals surface area (Å²) in [6.07, 6.45) is 101. The average Bonchev–Trinajstić information content (AvgIpc) is 3.57. The lowest BCUT2D eigenvalue weighted by Gasteiger charge is -2.22. The number of allylic oxidation sites excluding steroid dienone is 4. The van der Waals surface area contributed by atoms with Crippen molar-refractivity contribution in [2.45, 2.75) is 482 Å². The zero-order chi connectivity index (χ0) is 64.2. The van der Waals surface area contributed by atoms with E-state index in [0.29, 0.717) is 25.9 Å². The van der Waals surface area contributed by atoms with E-state index in [2.05, 4.69) is 43.5 Å². The maximum Gasteiger partial charge on any atom is 0.305 e. The van der Waals surface area contributed by atoms with Crippen molar-refractivity contribution in [3.8, 4) is 0 Å². The number of carbonyl (C=O) groups is 2. The van der Waals surface area contributed by atoms with Gasteiger partial charge in [-0.05, 0) is 77.0 Å². The molecule has 0 aliphatic rings. The van der Waals surface area contributed by atoms with Crippen molar-refractivity contribution in [1.82, 2.24) is 5.32 Å². The van der Waals surface area contributed by atoms with Crippen molar-refractivity contribution < 1.29 is 24.5 Å². The van der Waals surface area contributed by atoms with Crippen LogP contribution in [0.3, 0.4) is 0 Å². The molecule has 0 spiro atoms. The SMILES string of the molecule is CCCCCCCC/C=C\CCCCCCCCCC(=O)OCCCCCCCCCCCCCC/C=C\CCCCCCCCCCCCCCCCCCC(=O)NC(CO)C(O)CCCCCCCCCCCCCCCCCCCCCCCCC. The summed E-state index contributed by atoms with van der Waals surface area (Å²) in [5, 5.41) is 23.5. The summed E-state index contributed by atoms with van der Waals surface area (Å²) < 4.78 is 5.51. The summed E-state index contributed by atoms with van der Waals surface area (Å²) in [4.78, 5) is 24.7. The van der Waals surface area contributed by atoms with Crippen LogP contribution in [0.5, 0.6) is 0 Å². The van der Waals surface area contributed by atoms with E-state index in [1.54, 1.807) is 0 Å². The van der Waals surface area contributed by atoms with Crippen LogP contribution in [0.2, 0.25) is 0 Å². The molecule has 89 heavy (non-hydrogen) atoms. The fourth-order valence-corrected chi connectivity index (χ4v) is 13.2. The van der Waals surface area contributed by atoms with Crippen LogP contribution < -0.4 is 5.32 Å². The van der Waals surface area contributed by atoms with Gasteiger partial charge in [-0.3, -0.25) is 9.59 Å². The van der Waals surface area contributed by atoms with Crippen molar-refractivity contribution in [1.29, 1.82) is 0 Å². The van der Waals surface area contributed by atoms with Gasteiger partial charge < -0.3 is 20.3 Å². The topological polar surface area (TPSA) is 95.9 Å². The fourth-order valence-electron chi connectivity index (χ4n) is 13.2. The van der Waals surface area contributed by atoms with Crippen molar-refractivity contribution in [3.05, 3.63) is 24.3 Å². The van der Waals surface area contributed by atoms with Gasteiger partial charge >= 0.3 is 5.97 Å². The molecular weight excluding hydrogens is 1090 g/mol. The first kappa shape index (κ1) is 87.3. The Balaban J connectivity index is 3.35. The highest BCUT2D eigenvalue weighted by Gasteiger charge is 2.20. The molecule has 2 atom stereocenters. The molecule has 0 saturated heterocycles. The molecule has 0 aliphatic heterocycles. The molecule has 3 N–H and O–H groups in total. The number of nitrogens with one attached hydrogen (secondary N) is 1. The summed E-state index contributed by atoms with van der Waals surface area (Å²) in [7, 11) is 0. The number of hydrogen-bond donors (Lipinski definition) is 3. The van der Waals surface area contributed by atoms with Gasteiger partial charge in [0, 0.05) is 12.8 Å². The Morgan fingerprint density at radius 3 is 0.798 bits per heavy atom. The Morgan fingerprint density at radius 2 is 0.528 bits per heavy atom. The number of ether oxygens (including phenoxy) is 1. The zero-order valence-corrected chi connectivity index (χ0v) is 60.7. The molecule has 0 aromatic carbocycles. The molecule has 0 fully saturated rings. The molecule has 0 heterocycles. The van der Waals surface area contributed by atoms with E-state index >= 15 is 0 Å². The van der Waals surface area contributed by atoms with Crippen LogP contribution in [-0.2, 0) is 14.3 Å². The minimum Gasteiger partial charge on any atom is -0.466 e. The second-order valence-corrected chi connectivity index (χ2v) is 28.5. The second kappa shape index (κ2) is 78.8. The lowest BCUT2D eigenvalue weighted by atomic mass is 10.0. The quantitative estimate of drug-likeness (QED) is 0.0320.